The minimum absolute atomic E-state index is 0.663. The normalized spacial score (nSPS) is 10.8. The van der Waals surface area contributed by atoms with Crippen molar-refractivity contribution in [3.63, 3.8) is 0 Å². The Morgan fingerprint density at radius 3 is 2.64 bits per heavy atom. The third kappa shape index (κ3) is 1.62. The van der Waals surface area contributed by atoms with Gasteiger partial charge < -0.3 is 5.73 Å². The summed E-state index contributed by atoms with van der Waals surface area (Å²) in [6, 6.07) is 1.86. The molecule has 0 spiro atoms. The van der Waals surface area contributed by atoms with Gasteiger partial charge in [-0.25, -0.2) is 0 Å². The maximum atomic E-state index is 5.71. The molecule has 2 heterocycles. The summed E-state index contributed by atoms with van der Waals surface area (Å²) in [5.41, 5.74) is 6.61. The molecule has 14 heavy (non-hydrogen) atoms. The van der Waals surface area contributed by atoms with E-state index in [1.54, 1.807) is 16.0 Å². The number of halogens is 2. The van der Waals surface area contributed by atoms with E-state index in [4.69, 9.17) is 5.73 Å². The van der Waals surface area contributed by atoms with Crippen molar-refractivity contribution < 1.29 is 0 Å². The molecule has 0 fully saturated rings. The van der Waals surface area contributed by atoms with E-state index in [1.165, 1.54) is 0 Å². The SMILES string of the molecule is Cn1nc(-c2scc(Br)c2Br)cc1N. The quantitative estimate of drug-likeness (QED) is 0.868. The van der Waals surface area contributed by atoms with Gasteiger partial charge in [-0.15, -0.1) is 11.3 Å². The van der Waals surface area contributed by atoms with E-state index in [2.05, 4.69) is 37.0 Å². The van der Waals surface area contributed by atoms with Crippen LogP contribution < -0.4 is 5.73 Å². The Morgan fingerprint density at radius 2 is 2.21 bits per heavy atom. The highest BCUT2D eigenvalue weighted by Gasteiger charge is 2.12. The van der Waals surface area contributed by atoms with E-state index in [0.717, 1.165) is 19.5 Å². The van der Waals surface area contributed by atoms with Crippen LogP contribution in [0.1, 0.15) is 0 Å². The second-order valence-corrected chi connectivity index (χ2v) is 5.33. The van der Waals surface area contributed by atoms with Crippen LogP contribution in [0, 0.1) is 0 Å². The highest BCUT2D eigenvalue weighted by Crippen LogP contribution is 2.39. The number of rotatable bonds is 1. The fraction of sp³-hybridized carbons (Fsp3) is 0.125. The molecule has 0 aliphatic rings. The van der Waals surface area contributed by atoms with Gasteiger partial charge in [0, 0.05) is 23.0 Å². The summed E-state index contributed by atoms with van der Waals surface area (Å²) in [6.07, 6.45) is 0. The third-order valence-corrected chi connectivity index (χ3v) is 5.39. The topological polar surface area (TPSA) is 43.8 Å². The molecule has 3 nitrogen and oxygen atoms in total. The Balaban J connectivity index is 2.54. The van der Waals surface area contributed by atoms with Gasteiger partial charge in [-0.1, -0.05) is 0 Å². The number of thiophene rings is 1. The van der Waals surface area contributed by atoms with E-state index in [9.17, 15) is 0 Å². The average Bonchev–Trinajstić information content (AvgIpc) is 2.61. The van der Waals surface area contributed by atoms with Gasteiger partial charge in [0.15, 0.2) is 0 Å². The molecule has 6 heteroatoms. The van der Waals surface area contributed by atoms with Crippen LogP contribution in [-0.2, 0) is 7.05 Å². The Labute approximate surface area is 102 Å². The predicted octanol–water partition coefficient (Wildman–Crippen LogP) is 3.26. The maximum Gasteiger partial charge on any atom is 0.121 e. The van der Waals surface area contributed by atoms with Crippen LogP contribution in [0.4, 0.5) is 5.82 Å². The Bertz CT molecular complexity index is 455. The molecule has 0 radical (unpaired) electrons. The molecule has 0 saturated heterocycles. The molecular formula is C8H7Br2N3S. The number of hydrogen-bond donors (Lipinski definition) is 1. The lowest BCUT2D eigenvalue weighted by molar-refractivity contribution is 0.783. The van der Waals surface area contributed by atoms with Gasteiger partial charge in [-0.2, -0.15) is 5.10 Å². The minimum Gasteiger partial charge on any atom is -0.384 e. The minimum atomic E-state index is 0.663. The van der Waals surface area contributed by atoms with Crippen molar-refractivity contribution in [1.82, 2.24) is 9.78 Å². The first-order chi connectivity index (χ1) is 6.59. The van der Waals surface area contributed by atoms with Crippen molar-refractivity contribution in [3.05, 3.63) is 20.4 Å². The van der Waals surface area contributed by atoms with Gasteiger partial charge in [0.05, 0.1) is 9.35 Å². The van der Waals surface area contributed by atoms with Crippen molar-refractivity contribution in [1.29, 1.82) is 0 Å². The molecule has 0 atom stereocenters. The summed E-state index contributed by atoms with van der Waals surface area (Å²) in [5, 5.41) is 6.32. The number of hydrogen-bond acceptors (Lipinski definition) is 3. The number of nitrogens with two attached hydrogens (primary N) is 1. The first kappa shape index (κ1) is 10.2. The van der Waals surface area contributed by atoms with Crippen LogP contribution in [0.25, 0.3) is 10.6 Å². The summed E-state index contributed by atoms with van der Waals surface area (Å²) in [5.74, 6) is 0.663. The molecule has 0 aromatic carbocycles. The van der Waals surface area contributed by atoms with Crippen LogP contribution in [0.15, 0.2) is 20.4 Å². The van der Waals surface area contributed by atoms with E-state index in [-0.39, 0.29) is 0 Å². The van der Waals surface area contributed by atoms with E-state index < -0.39 is 0 Å². The number of nitrogen functional groups attached to an aromatic ring is 1. The van der Waals surface area contributed by atoms with Gasteiger partial charge in [-0.3, -0.25) is 4.68 Å². The predicted molar refractivity (Wildman–Crippen MR) is 66.3 cm³/mol. The lowest BCUT2D eigenvalue weighted by Gasteiger charge is -1.92. The molecule has 2 N–H and O–H groups in total. The highest BCUT2D eigenvalue weighted by molar-refractivity contribution is 9.13. The summed E-state index contributed by atoms with van der Waals surface area (Å²) in [7, 11) is 1.83. The second-order valence-electron chi connectivity index (χ2n) is 2.80. The zero-order chi connectivity index (χ0) is 10.3. The molecule has 2 aromatic rings. The smallest absolute Gasteiger partial charge is 0.121 e. The summed E-state index contributed by atoms with van der Waals surface area (Å²) in [6.45, 7) is 0. The standard InChI is InChI=1S/C8H7Br2N3S/c1-13-6(11)2-5(12-13)8-7(10)4(9)3-14-8/h2-3H,11H2,1H3. The highest BCUT2D eigenvalue weighted by atomic mass is 79.9. The zero-order valence-corrected chi connectivity index (χ0v) is 11.3. The molecule has 2 aromatic heterocycles. The zero-order valence-electron chi connectivity index (χ0n) is 7.29. The molecule has 2 rings (SSSR count). The van der Waals surface area contributed by atoms with Crippen molar-refractivity contribution in [2.24, 2.45) is 7.05 Å². The largest absolute Gasteiger partial charge is 0.384 e. The lowest BCUT2D eigenvalue weighted by Crippen LogP contribution is -1.96. The fourth-order valence-electron chi connectivity index (χ4n) is 1.09. The number of anilines is 1. The lowest BCUT2D eigenvalue weighted by atomic mass is 10.3. The van der Waals surface area contributed by atoms with E-state index >= 15 is 0 Å². The Hall–Kier alpha value is -0.330. The van der Waals surface area contributed by atoms with Crippen LogP contribution in [0.2, 0.25) is 0 Å². The van der Waals surface area contributed by atoms with Crippen LogP contribution in [0.3, 0.4) is 0 Å². The summed E-state index contributed by atoms with van der Waals surface area (Å²) >= 11 is 8.56. The number of aryl methyl sites for hydroxylation is 1. The molecule has 74 valence electrons. The van der Waals surface area contributed by atoms with Gasteiger partial charge >= 0.3 is 0 Å². The summed E-state index contributed by atoms with van der Waals surface area (Å²) < 4.78 is 3.73. The van der Waals surface area contributed by atoms with Gasteiger partial charge in [-0.05, 0) is 31.9 Å². The van der Waals surface area contributed by atoms with Gasteiger partial charge in [0.1, 0.15) is 11.5 Å². The van der Waals surface area contributed by atoms with Crippen LogP contribution in [0.5, 0.6) is 0 Å². The van der Waals surface area contributed by atoms with Crippen LogP contribution in [-0.4, -0.2) is 9.78 Å². The third-order valence-electron chi connectivity index (χ3n) is 1.84. The van der Waals surface area contributed by atoms with Crippen molar-refractivity contribution in [3.8, 4) is 10.6 Å². The maximum absolute atomic E-state index is 5.71. The van der Waals surface area contributed by atoms with E-state index in [0.29, 0.717) is 5.82 Å². The molecule has 0 bridgehead atoms. The molecular weight excluding hydrogens is 330 g/mol. The second kappa shape index (κ2) is 3.67. The van der Waals surface area contributed by atoms with Crippen molar-refractivity contribution in [2.45, 2.75) is 0 Å². The molecule has 0 unspecified atom stereocenters. The van der Waals surface area contributed by atoms with Crippen molar-refractivity contribution >= 4 is 49.0 Å². The van der Waals surface area contributed by atoms with Crippen molar-refractivity contribution in [2.75, 3.05) is 5.73 Å². The average molecular weight is 337 g/mol. The Morgan fingerprint density at radius 1 is 1.50 bits per heavy atom. The monoisotopic (exact) mass is 335 g/mol. The molecule has 0 aliphatic carbocycles. The fourth-order valence-corrected chi connectivity index (χ4v) is 3.22. The first-order valence-corrected chi connectivity index (χ1v) is 6.28. The van der Waals surface area contributed by atoms with Gasteiger partial charge in [0.2, 0.25) is 0 Å². The number of aromatic nitrogens is 2. The van der Waals surface area contributed by atoms with Crippen LogP contribution >= 0.6 is 43.2 Å². The first-order valence-electron chi connectivity index (χ1n) is 3.82. The van der Waals surface area contributed by atoms with Gasteiger partial charge in [0.25, 0.3) is 0 Å². The van der Waals surface area contributed by atoms with E-state index in [1.807, 2.05) is 18.5 Å². The molecule has 0 saturated carbocycles. The Kier molecular flexibility index (Phi) is 2.68. The molecule has 0 amide bonds. The number of nitrogens with zero attached hydrogens (tertiary/aromatic N) is 2. The summed E-state index contributed by atoms with van der Waals surface area (Å²) in [4.78, 5) is 1.09. The molecule has 0 aliphatic heterocycles.